The first-order valence-corrected chi connectivity index (χ1v) is 24.7. The highest BCUT2D eigenvalue weighted by Crippen LogP contribution is 2.23. The second-order valence-electron chi connectivity index (χ2n) is 17.6. The summed E-state index contributed by atoms with van der Waals surface area (Å²) in [4.78, 5) is 13.0. The van der Waals surface area contributed by atoms with Gasteiger partial charge in [0.05, 0.1) is 25.4 Å². The Morgan fingerprint density at radius 3 is 1.25 bits per heavy atom. The lowest BCUT2D eigenvalue weighted by Gasteiger charge is -2.40. The maximum atomic E-state index is 13.0. The third kappa shape index (κ3) is 30.0. The van der Waals surface area contributed by atoms with Crippen molar-refractivity contribution in [1.82, 2.24) is 5.32 Å². The summed E-state index contributed by atoms with van der Waals surface area (Å²) < 4.78 is 11.3. The van der Waals surface area contributed by atoms with E-state index in [1.807, 2.05) is 0 Å². The summed E-state index contributed by atoms with van der Waals surface area (Å²) in [7, 11) is 0. The van der Waals surface area contributed by atoms with Crippen LogP contribution in [0.3, 0.4) is 0 Å². The van der Waals surface area contributed by atoms with Crippen LogP contribution in [0.2, 0.25) is 0 Å². The first-order chi connectivity index (χ1) is 27.8. The summed E-state index contributed by atoms with van der Waals surface area (Å²) in [6, 6.07) is -0.711. The van der Waals surface area contributed by atoms with Crippen molar-refractivity contribution < 1.29 is 39.8 Å². The summed E-state index contributed by atoms with van der Waals surface area (Å²) in [5, 5.41) is 54.4. The normalized spacial score (nSPS) is 20.9. The summed E-state index contributed by atoms with van der Waals surface area (Å²) in [5.74, 6) is -0.139. The van der Waals surface area contributed by atoms with Gasteiger partial charge >= 0.3 is 0 Å². The zero-order valence-corrected chi connectivity index (χ0v) is 37.4. The van der Waals surface area contributed by atoms with Gasteiger partial charge in [0.15, 0.2) is 6.29 Å². The SMILES string of the molecule is CCCCCCCCCCCCCCCCCCCCC(=O)NC(COC1OC(CO)C(O)C(O)C1O)C(O)CCCCCCCCCCCCCCCCCC. The average molecular weight is 814 g/mol. The van der Waals surface area contributed by atoms with E-state index in [2.05, 4.69) is 19.2 Å². The Bertz CT molecular complexity index is 862. The van der Waals surface area contributed by atoms with E-state index in [0.717, 1.165) is 38.5 Å². The van der Waals surface area contributed by atoms with Crippen LogP contribution >= 0.6 is 0 Å². The lowest BCUT2D eigenvalue weighted by molar-refractivity contribution is -0.302. The number of rotatable bonds is 42. The van der Waals surface area contributed by atoms with Crippen LogP contribution in [-0.2, 0) is 14.3 Å². The molecule has 1 saturated heterocycles. The molecule has 0 spiro atoms. The van der Waals surface area contributed by atoms with Gasteiger partial charge in [-0.15, -0.1) is 0 Å². The molecule has 0 aliphatic carbocycles. The number of unbranched alkanes of at least 4 members (excludes halogenated alkanes) is 32. The van der Waals surface area contributed by atoms with Crippen LogP contribution in [0.1, 0.15) is 245 Å². The summed E-state index contributed by atoms with van der Waals surface area (Å²) in [5.41, 5.74) is 0. The van der Waals surface area contributed by atoms with E-state index in [1.165, 1.54) is 180 Å². The van der Waals surface area contributed by atoms with Gasteiger partial charge in [-0.3, -0.25) is 4.79 Å². The zero-order valence-electron chi connectivity index (χ0n) is 37.4. The van der Waals surface area contributed by atoms with E-state index < -0.39 is 49.5 Å². The van der Waals surface area contributed by atoms with Gasteiger partial charge in [0.25, 0.3) is 0 Å². The molecule has 0 aromatic carbocycles. The third-order valence-corrected chi connectivity index (χ3v) is 12.2. The lowest BCUT2D eigenvalue weighted by Crippen LogP contribution is -2.60. The zero-order chi connectivity index (χ0) is 41.6. The third-order valence-electron chi connectivity index (χ3n) is 12.2. The molecule has 1 aliphatic heterocycles. The number of ether oxygens (including phenoxy) is 2. The number of aliphatic hydroxyl groups excluding tert-OH is 5. The molecule has 1 amide bonds. The second-order valence-corrected chi connectivity index (χ2v) is 17.6. The largest absolute Gasteiger partial charge is 0.394 e. The van der Waals surface area contributed by atoms with Crippen LogP contribution in [0.25, 0.3) is 0 Å². The number of nitrogens with one attached hydrogen (secondary N) is 1. The summed E-state index contributed by atoms with van der Waals surface area (Å²) in [6.45, 7) is 3.86. The predicted molar refractivity (Wildman–Crippen MR) is 235 cm³/mol. The van der Waals surface area contributed by atoms with Crippen LogP contribution in [0, 0.1) is 0 Å². The van der Waals surface area contributed by atoms with Crippen molar-refractivity contribution in [3.8, 4) is 0 Å². The molecule has 1 aliphatic rings. The molecule has 1 fully saturated rings. The van der Waals surface area contributed by atoms with Gasteiger partial charge in [0, 0.05) is 6.42 Å². The second kappa shape index (κ2) is 39.3. The lowest BCUT2D eigenvalue weighted by atomic mass is 9.99. The minimum atomic E-state index is -1.55. The van der Waals surface area contributed by atoms with Crippen molar-refractivity contribution >= 4 is 5.91 Å². The Morgan fingerprint density at radius 2 is 0.877 bits per heavy atom. The maximum Gasteiger partial charge on any atom is 0.220 e. The highest BCUT2D eigenvalue weighted by molar-refractivity contribution is 5.76. The van der Waals surface area contributed by atoms with Gasteiger partial charge in [0.2, 0.25) is 5.91 Å². The first-order valence-electron chi connectivity index (χ1n) is 24.7. The Morgan fingerprint density at radius 1 is 0.526 bits per heavy atom. The van der Waals surface area contributed by atoms with Crippen LogP contribution in [0.15, 0.2) is 0 Å². The van der Waals surface area contributed by atoms with E-state index >= 15 is 0 Å². The molecule has 7 atom stereocenters. The Labute approximate surface area is 351 Å². The molecule has 0 aromatic heterocycles. The number of aliphatic hydroxyl groups is 5. The fourth-order valence-electron chi connectivity index (χ4n) is 8.22. The topological polar surface area (TPSA) is 149 Å². The molecule has 0 saturated carbocycles. The Kier molecular flexibility index (Phi) is 37.4. The van der Waals surface area contributed by atoms with Crippen molar-refractivity contribution in [2.24, 2.45) is 0 Å². The fourth-order valence-corrected chi connectivity index (χ4v) is 8.22. The van der Waals surface area contributed by atoms with Crippen molar-refractivity contribution in [1.29, 1.82) is 0 Å². The van der Waals surface area contributed by atoms with E-state index in [0.29, 0.717) is 12.8 Å². The van der Waals surface area contributed by atoms with Crippen LogP contribution < -0.4 is 5.32 Å². The standard InChI is InChI=1S/C48H95NO8/c1-3-5-7-9-11-13-15-17-19-21-22-24-26-28-30-32-34-36-38-44(52)49-41(40-56-48-47(55)46(54)45(53)43(39-50)57-48)42(51)37-35-33-31-29-27-25-23-20-18-16-14-12-10-8-6-4-2/h41-43,45-48,50-51,53-55H,3-40H2,1-2H3,(H,49,52). The molecule has 340 valence electrons. The van der Waals surface area contributed by atoms with E-state index in [1.54, 1.807) is 0 Å². The Hall–Kier alpha value is -0.810. The van der Waals surface area contributed by atoms with Gasteiger partial charge in [-0.25, -0.2) is 0 Å². The quantitative estimate of drug-likeness (QED) is 0.0334. The van der Waals surface area contributed by atoms with Gasteiger partial charge in [-0.1, -0.05) is 226 Å². The molecule has 1 heterocycles. The van der Waals surface area contributed by atoms with E-state index in [9.17, 15) is 30.3 Å². The molecular formula is C48H95NO8. The number of carbonyl (C=O) groups excluding carboxylic acids is 1. The van der Waals surface area contributed by atoms with Crippen molar-refractivity contribution in [3.63, 3.8) is 0 Å². The van der Waals surface area contributed by atoms with Crippen LogP contribution in [-0.4, -0.2) is 87.5 Å². The molecule has 0 aromatic rings. The molecule has 0 radical (unpaired) electrons. The highest BCUT2D eigenvalue weighted by Gasteiger charge is 2.44. The van der Waals surface area contributed by atoms with Crippen molar-refractivity contribution in [2.75, 3.05) is 13.2 Å². The number of hydrogen-bond donors (Lipinski definition) is 6. The smallest absolute Gasteiger partial charge is 0.220 e. The van der Waals surface area contributed by atoms with Gasteiger partial charge in [-0.05, 0) is 12.8 Å². The summed E-state index contributed by atoms with van der Waals surface area (Å²) >= 11 is 0. The molecule has 9 heteroatoms. The molecule has 7 unspecified atom stereocenters. The molecule has 57 heavy (non-hydrogen) atoms. The monoisotopic (exact) mass is 814 g/mol. The average Bonchev–Trinajstić information content (AvgIpc) is 3.21. The van der Waals surface area contributed by atoms with E-state index in [4.69, 9.17) is 9.47 Å². The van der Waals surface area contributed by atoms with Gasteiger partial charge < -0.3 is 40.3 Å². The number of carbonyl (C=O) groups is 1. The number of hydrogen-bond acceptors (Lipinski definition) is 8. The van der Waals surface area contributed by atoms with Crippen LogP contribution in [0.4, 0.5) is 0 Å². The highest BCUT2D eigenvalue weighted by atomic mass is 16.7. The predicted octanol–water partition coefficient (Wildman–Crippen LogP) is 10.7. The van der Waals surface area contributed by atoms with Gasteiger partial charge in [-0.2, -0.15) is 0 Å². The van der Waals surface area contributed by atoms with Crippen molar-refractivity contribution in [2.45, 2.75) is 288 Å². The Balaban J connectivity index is 2.28. The number of amides is 1. The molecule has 1 rings (SSSR count). The fraction of sp³-hybridized carbons (Fsp3) is 0.979. The molecule has 0 bridgehead atoms. The maximum absolute atomic E-state index is 13.0. The summed E-state index contributed by atoms with van der Waals surface area (Å²) in [6.07, 6.45) is 36.8. The first kappa shape index (κ1) is 54.2. The molecule has 9 nitrogen and oxygen atoms in total. The molecule has 6 N–H and O–H groups in total. The van der Waals surface area contributed by atoms with Gasteiger partial charge in [0.1, 0.15) is 24.4 Å². The van der Waals surface area contributed by atoms with Crippen molar-refractivity contribution in [3.05, 3.63) is 0 Å². The van der Waals surface area contributed by atoms with E-state index in [-0.39, 0.29) is 12.5 Å². The van der Waals surface area contributed by atoms with Crippen LogP contribution in [0.5, 0.6) is 0 Å². The minimum Gasteiger partial charge on any atom is -0.394 e. The molecular weight excluding hydrogens is 719 g/mol. The minimum absolute atomic E-state index is 0.131.